The molecule has 0 aliphatic carbocycles. The van der Waals surface area contributed by atoms with E-state index < -0.39 is 0 Å². The van der Waals surface area contributed by atoms with Crippen LogP contribution >= 0.6 is 11.3 Å². The van der Waals surface area contributed by atoms with Crippen LogP contribution in [0.1, 0.15) is 12.8 Å². The Labute approximate surface area is 120 Å². The molecule has 7 heteroatoms. The third-order valence-corrected chi connectivity index (χ3v) is 4.15. The Morgan fingerprint density at radius 3 is 3.25 bits per heavy atom. The Bertz CT molecular complexity index is 581. The van der Waals surface area contributed by atoms with Crippen LogP contribution in [-0.2, 0) is 11.2 Å². The lowest BCUT2D eigenvalue weighted by Gasteiger charge is -2.33. The first-order valence-electron chi connectivity index (χ1n) is 6.65. The topological polar surface area (TPSA) is 71.3 Å². The number of nitrogens with one attached hydrogen (secondary N) is 1. The molecule has 3 heterocycles. The van der Waals surface area contributed by atoms with Crippen molar-refractivity contribution in [2.45, 2.75) is 19.4 Å². The van der Waals surface area contributed by atoms with Crippen molar-refractivity contribution in [3.8, 4) is 11.4 Å². The lowest BCUT2D eigenvalue weighted by molar-refractivity contribution is -0.129. The van der Waals surface area contributed by atoms with E-state index in [0.717, 1.165) is 18.7 Å². The highest BCUT2D eigenvalue weighted by atomic mass is 32.1. The van der Waals surface area contributed by atoms with E-state index in [1.54, 1.807) is 11.3 Å². The molecule has 1 atom stereocenters. The minimum atomic E-state index is -0.218. The average Bonchev–Trinajstić information content (AvgIpc) is 3.11. The highest BCUT2D eigenvalue weighted by molar-refractivity contribution is 7.08. The number of thiophene rings is 1. The van der Waals surface area contributed by atoms with E-state index in [1.165, 1.54) is 0 Å². The summed E-state index contributed by atoms with van der Waals surface area (Å²) in [6.45, 7) is 4.45. The van der Waals surface area contributed by atoms with Gasteiger partial charge in [-0.05, 0) is 18.0 Å². The highest BCUT2D eigenvalue weighted by Crippen LogP contribution is 2.19. The molecule has 1 N–H and O–H groups in total. The number of hydrogen-bond donors (Lipinski definition) is 1. The number of piperazine rings is 1. The van der Waals surface area contributed by atoms with Crippen molar-refractivity contribution < 1.29 is 9.32 Å². The Balaban J connectivity index is 1.75. The minimum absolute atomic E-state index is 0.0355. The maximum atomic E-state index is 12.0. The second kappa shape index (κ2) is 5.72. The van der Waals surface area contributed by atoms with Gasteiger partial charge in [0.25, 0.3) is 0 Å². The van der Waals surface area contributed by atoms with Crippen molar-refractivity contribution in [1.82, 2.24) is 20.4 Å². The predicted octanol–water partition coefficient (Wildman–Crippen LogP) is 1.16. The molecule has 20 heavy (non-hydrogen) atoms. The third-order valence-electron chi connectivity index (χ3n) is 3.46. The summed E-state index contributed by atoms with van der Waals surface area (Å²) in [5.41, 5.74) is 0.949. The molecule has 0 spiro atoms. The monoisotopic (exact) mass is 292 g/mol. The summed E-state index contributed by atoms with van der Waals surface area (Å²) < 4.78 is 5.27. The molecule has 1 amide bonds. The Morgan fingerprint density at radius 1 is 1.60 bits per heavy atom. The molecule has 1 aliphatic heterocycles. The largest absolute Gasteiger partial charge is 0.353 e. The molecule has 3 rings (SSSR count). The number of nitrogens with zero attached hydrogens (tertiary/aromatic N) is 3. The summed E-state index contributed by atoms with van der Waals surface area (Å²) in [5.74, 6) is 1.13. The Kier molecular flexibility index (Phi) is 3.79. The van der Waals surface area contributed by atoms with E-state index in [1.807, 2.05) is 16.8 Å². The van der Waals surface area contributed by atoms with E-state index >= 15 is 0 Å². The van der Waals surface area contributed by atoms with Gasteiger partial charge in [0.1, 0.15) is 0 Å². The SMILES string of the molecule is CCN1CCNC(=O)C1Cc1nc(-c2ccsc2)no1. The van der Waals surface area contributed by atoms with E-state index in [9.17, 15) is 4.79 Å². The number of carbonyl (C=O) groups excluding carboxylic acids is 1. The molecule has 0 radical (unpaired) electrons. The van der Waals surface area contributed by atoms with Crippen LogP contribution in [0.3, 0.4) is 0 Å². The number of rotatable bonds is 4. The molecule has 2 aromatic heterocycles. The number of likely N-dealkylation sites (N-methyl/N-ethyl adjacent to an activating group) is 1. The first-order valence-corrected chi connectivity index (χ1v) is 7.59. The van der Waals surface area contributed by atoms with Gasteiger partial charge in [0, 0.05) is 24.0 Å². The highest BCUT2D eigenvalue weighted by Gasteiger charge is 2.30. The second-order valence-electron chi connectivity index (χ2n) is 4.66. The Hall–Kier alpha value is -1.73. The molecule has 6 nitrogen and oxygen atoms in total. The molecular weight excluding hydrogens is 276 g/mol. The maximum Gasteiger partial charge on any atom is 0.237 e. The zero-order valence-corrected chi connectivity index (χ0v) is 12.0. The summed E-state index contributed by atoms with van der Waals surface area (Å²) in [6.07, 6.45) is 0.455. The van der Waals surface area contributed by atoms with Gasteiger partial charge in [-0.3, -0.25) is 9.69 Å². The van der Waals surface area contributed by atoms with E-state index in [-0.39, 0.29) is 11.9 Å². The van der Waals surface area contributed by atoms with Gasteiger partial charge in [-0.15, -0.1) is 0 Å². The first kappa shape index (κ1) is 13.3. The number of carbonyl (C=O) groups is 1. The summed E-state index contributed by atoms with van der Waals surface area (Å²) in [7, 11) is 0. The van der Waals surface area contributed by atoms with Crippen molar-refractivity contribution in [2.24, 2.45) is 0 Å². The fourth-order valence-corrected chi connectivity index (χ4v) is 3.01. The van der Waals surface area contributed by atoms with Gasteiger partial charge < -0.3 is 9.84 Å². The van der Waals surface area contributed by atoms with Crippen LogP contribution in [0.15, 0.2) is 21.3 Å². The van der Waals surface area contributed by atoms with Crippen molar-refractivity contribution in [3.05, 3.63) is 22.7 Å². The number of amides is 1. The normalized spacial score (nSPS) is 20.1. The zero-order valence-electron chi connectivity index (χ0n) is 11.2. The number of aromatic nitrogens is 2. The molecule has 1 unspecified atom stereocenters. The average molecular weight is 292 g/mol. The van der Waals surface area contributed by atoms with Gasteiger partial charge in [-0.1, -0.05) is 12.1 Å². The van der Waals surface area contributed by atoms with Gasteiger partial charge in [-0.25, -0.2) is 0 Å². The van der Waals surface area contributed by atoms with Crippen molar-refractivity contribution >= 4 is 17.2 Å². The fraction of sp³-hybridized carbons (Fsp3) is 0.462. The van der Waals surface area contributed by atoms with E-state index in [2.05, 4.69) is 27.3 Å². The van der Waals surface area contributed by atoms with Crippen LogP contribution in [0, 0.1) is 0 Å². The summed E-state index contributed by atoms with van der Waals surface area (Å²) in [6, 6.07) is 1.73. The smallest absolute Gasteiger partial charge is 0.237 e. The van der Waals surface area contributed by atoms with Crippen LogP contribution in [0.2, 0.25) is 0 Å². The van der Waals surface area contributed by atoms with Crippen LogP contribution in [0.4, 0.5) is 0 Å². The standard InChI is InChI=1S/C13H16N4O2S/c1-2-17-5-4-14-13(18)10(17)7-11-15-12(16-19-11)9-3-6-20-8-9/h3,6,8,10H,2,4-5,7H2,1H3,(H,14,18). The van der Waals surface area contributed by atoms with E-state index in [4.69, 9.17) is 4.52 Å². The molecule has 106 valence electrons. The fourth-order valence-electron chi connectivity index (χ4n) is 2.37. The Morgan fingerprint density at radius 2 is 2.50 bits per heavy atom. The van der Waals surface area contributed by atoms with Crippen molar-refractivity contribution in [1.29, 1.82) is 0 Å². The van der Waals surface area contributed by atoms with Gasteiger partial charge in [0.2, 0.25) is 17.6 Å². The van der Waals surface area contributed by atoms with Crippen LogP contribution in [0.25, 0.3) is 11.4 Å². The van der Waals surface area contributed by atoms with Gasteiger partial charge in [0.05, 0.1) is 12.5 Å². The molecule has 0 saturated carbocycles. The molecule has 2 aromatic rings. The van der Waals surface area contributed by atoms with E-state index in [0.29, 0.717) is 24.7 Å². The second-order valence-corrected chi connectivity index (χ2v) is 5.44. The quantitative estimate of drug-likeness (QED) is 0.915. The first-order chi connectivity index (χ1) is 9.78. The summed E-state index contributed by atoms with van der Waals surface area (Å²) >= 11 is 1.59. The van der Waals surface area contributed by atoms with Crippen LogP contribution in [-0.4, -0.2) is 46.6 Å². The lowest BCUT2D eigenvalue weighted by atomic mass is 10.1. The molecule has 0 aromatic carbocycles. The van der Waals surface area contributed by atoms with Crippen molar-refractivity contribution in [2.75, 3.05) is 19.6 Å². The molecule has 1 aliphatic rings. The molecule has 0 bridgehead atoms. The van der Waals surface area contributed by atoms with Crippen LogP contribution in [0.5, 0.6) is 0 Å². The van der Waals surface area contributed by atoms with Gasteiger partial charge in [0.15, 0.2) is 0 Å². The number of hydrogen-bond acceptors (Lipinski definition) is 6. The zero-order chi connectivity index (χ0) is 13.9. The summed E-state index contributed by atoms with van der Waals surface area (Å²) in [5, 5.41) is 10.8. The molecule has 1 fully saturated rings. The minimum Gasteiger partial charge on any atom is -0.353 e. The third kappa shape index (κ3) is 2.59. The summed E-state index contributed by atoms with van der Waals surface area (Å²) in [4.78, 5) is 18.5. The lowest BCUT2D eigenvalue weighted by Crippen LogP contribution is -2.55. The molecule has 1 saturated heterocycles. The van der Waals surface area contributed by atoms with Crippen molar-refractivity contribution in [3.63, 3.8) is 0 Å². The van der Waals surface area contributed by atoms with Gasteiger partial charge >= 0.3 is 0 Å². The predicted molar refractivity (Wildman–Crippen MR) is 75.4 cm³/mol. The maximum absolute atomic E-state index is 12.0. The molecular formula is C13H16N4O2S. The van der Waals surface area contributed by atoms with Crippen LogP contribution < -0.4 is 5.32 Å². The van der Waals surface area contributed by atoms with Gasteiger partial charge in [-0.2, -0.15) is 16.3 Å².